The molecule has 1 saturated heterocycles. The lowest BCUT2D eigenvalue weighted by Crippen LogP contribution is -2.30. The summed E-state index contributed by atoms with van der Waals surface area (Å²) in [6.07, 6.45) is 3.85. The van der Waals surface area contributed by atoms with Crippen LogP contribution in [0.15, 0.2) is 63.6 Å². The number of benzene rings is 1. The first-order valence-corrected chi connectivity index (χ1v) is 10.8. The molecule has 0 amide bonds. The molecule has 4 nitrogen and oxygen atoms in total. The summed E-state index contributed by atoms with van der Waals surface area (Å²) < 4.78 is 21.3. The second kappa shape index (κ2) is 8.63. The van der Waals surface area contributed by atoms with E-state index in [1.165, 1.54) is 6.07 Å². The average Bonchev–Trinajstić information content (AvgIpc) is 3.31. The van der Waals surface area contributed by atoms with Gasteiger partial charge in [0.1, 0.15) is 23.4 Å². The van der Waals surface area contributed by atoms with Crippen LogP contribution in [0.1, 0.15) is 43.3 Å². The Morgan fingerprint density at radius 1 is 1.24 bits per heavy atom. The lowest BCUT2D eigenvalue weighted by atomic mass is 10.0. The first-order valence-electron chi connectivity index (χ1n) is 9.61. The van der Waals surface area contributed by atoms with Crippen LogP contribution in [-0.2, 0) is 0 Å². The Morgan fingerprint density at radius 2 is 2.10 bits per heavy atom. The van der Waals surface area contributed by atoms with Gasteiger partial charge in [-0.05, 0) is 61.1 Å². The Morgan fingerprint density at radius 3 is 2.83 bits per heavy atom. The van der Waals surface area contributed by atoms with Crippen LogP contribution in [0, 0.1) is 5.82 Å². The van der Waals surface area contributed by atoms with Crippen molar-refractivity contribution in [2.24, 2.45) is 0 Å². The van der Waals surface area contributed by atoms with Gasteiger partial charge in [0, 0.05) is 17.2 Å². The van der Waals surface area contributed by atoms with E-state index in [0.29, 0.717) is 20.9 Å². The standard InChI is InChI=1S/C22H21BrFN3OS/c1-2-3-12-27-21(20(26-22(27)29)17-6-4-5-11-25-17)19-10-9-18(28-19)15-8-7-14(23)13-16(15)24/h4-11,13,20-21H,2-3,12H2,1H3,(H,26,29). The molecule has 0 radical (unpaired) electrons. The zero-order valence-corrected chi connectivity index (χ0v) is 18.3. The summed E-state index contributed by atoms with van der Waals surface area (Å²) in [5, 5.41) is 4.09. The lowest BCUT2D eigenvalue weighted by molar-refractivity contribution is 0.271. The largest absolute Gasteiger partial charge is 0.459 e. The van der Waals surface area contributed by atoms with Gasteiger partial charge in [0.25, 0.3) is 0 Å². The van der Waals surface area contributed by atoms with E-state index >= 15 is 0 Å². The van der Waals surface area contributed by atoms with Gasteiger partial charge in [-0.3, -0.25) is 4.98 Å². The van der Waals surface area contributed by atoms with Crippen LogP contribution in [0.4, 0.5) is 4.39 Å². The van der Waals surface area contributed by atoms with Crippen molar-refractivity contribution in [2.75, 3.05) is 6.54 Å². The normalized spacial score (nSPS) is 18.9. The molecule has 4 rings (SSSR count). The van der Waals surface area contributed by atoms with Crippen molar-refractivity contribution in [1.82, 2.24) is 15.2 Å². The number of pyridine rings is 1. The van der Waals surface area contributed by atoms with Gasteiger partial charge in [0.15, 0.2) is 5.11 Å². The number of hydrogen-bond acceptors (Lipinski definition) is 3. The molecule has 0 bridgehead atoms. The number of thiocarbonyl (C=S) groups is 1. The van der Waals surface area contributed by atoms with E-state index in [-0.39, 0.29) is 17.9 Å². The number of nitrogens with zero attached hydrogens (tertiary/aromatic N) is 2. The third-order valence-electron chi connectivity index (χ3n) is 5.07. The van der Waals surface area contributed by atoms with Crippen molar-refractivity contribution in [3.63, 3.8) is 0 Å². The molecule has 2 aromatic heterocycles. The number of nitrogens with one attached hydrogen (secondary N) is 1. The summed E-state index contributed by atoms with van der Waals surface area (Å²) in [4.78, 5) is 6.67. The van der Waals surface area contributed by atoms with E-state index in [1.54, 1.807) is 18.3 Å². The number of furan rings is 1. The van der Waals surface area contributed by atoms with E-state index in [1.807, 2.05) is 30.3 Å². The highest BCUT2D eigenvalue weighted by Gasteiger charge is 2.41. The summed E-state index contributed by atoms with van der Waals surface area (Å²) >= 11 is 8.92. The van der Waals surface area contributed by atoms with E-state index in [0.717, 1.165) is 30.8 Å². The summed E-state index contributed by atoms with van der Waals surface area (Å²) in [6.45, 7) is 2.97. The van der Waals surface area contributed by atoms with Crippen molar-refractivity contribution in [2.45, 2.75) is 31.8 Å². The van der Waals surface area contributed by atoms with Crippen LogP contribution < -0.4 is 5.32 Å². The van der Waals surface area contributed by atoms with Crippen LogP contribution >= 0.6 is 28.1 Å². The molecule has 29 heavy (non-hydrogen) atoms. The third-order valence-corrected chi connectivity index (χ3v) is 5.91. The molecule has 1 fully saturated rings. The van der Waals surface area contributed by atoms with E-state index in [4.69, 9.17) is 16.6 Å². The first-order chi connectivity index (χ1) is 14.1. The van der Waals surface area contributed by atoms with Gasteiger partial charge in [-0.15, -0.1) is 0 Å². The topological polar surface area (TPSA) is 41.3 Å². The maximum absolute atomic E-state index is 14.4. The number of aromatic nitrogens is 1. The summed E-state index contributed by atoms with van der Waals surface area (Å²) in [6, 6.07) is 14.2. The molecule has 7 heteroatoms. The average molecular weight is 474 g/mol. The molecule has 1 N–H and O–H groups in total. The molecular formula is C22H21BrFN3OS. The summed E-state index contributed by atoms with van der Waals surface area (Å²) in [7, 11) is 0. The fourth-order valence-electron chi connectivity index (χ4n) is 3.63. The zero-order valence-electron chi connectivity index (χ0n) is 15.9. The minimum Gasteiger partial charge on any atom is -0.459 e. The highest BCUT2D eigenvalue weighted by molar-refractivity contribution is 9.10. The van der Waals surface area contributed by atoms with Crippen LogP contribution in [0.2, 0.25) is 0 Å². The van der Waals surface area contributed by atoms with Crippen molar-refractivity contribution in [3.8, 4) is 11.3 Å². The van der Waals surface area contributed by atoms with Crippen molar-refractivity contribution in [1.29, 1.82) is 0 Å². The minimum atomic E-state index is -0.329. The van der Waals surface area contributed by atoms with Crippen LogP contribution in [0.25, 0.3) is 11.3 Å². The predicted octanol–water partition coefficient (Wildman–Crippen LogP) is 6.02. The highest BCUT2D eigenvalue weighted by atomic mass is 79.9. The number of hydrogen-bond donors (Lipinski definition) is 1. The van der Waals surface area contributed by atoms with Gasteiger partial charge in [-0.25, -0.2) is 4.39 Å². The molecule has 1 aliphatic rings. The second-order valence-corrected chi connectivity index (χ2v) is 8.30. The van der Waals surface area contributed by atoms with Gasteiger partial charge in [0.2, 0.25) is 0 Å². The van der Waals surface area contributed by atoms with Gasteiger partial charge in [-0.1, -0.05) is 35.3 Å². The van der Waals surface area contributed by atoms with Crippen molar-refractivity contribution in [3.05, 3.63) is 76.5 Å². The molecular weight excluding hydrogens is 453 g/mol. The Balaban J connectivity index is 1.72. The number of unbranched alkanes of at least 4 members (excludes halogenated alkanes) is 1. The van der Waals surface area contributed by atoms with E-state index in [2.05, 4.69) is 38.1 Å². The first kappa shape index (κ1) is 20.0. The molecule has 2 unspecified atom stereocenters. The molecule has 1 aromatic carbocycles. The Hall–Kier alpha value is -2.25. The predicted molar refractivity (Wildman–Crippen MR) is 119 cm³/mol. The van der Waals surface area contributed by atoms with Gasteiger partial charge < -0.3 is 14.6 Å². The Bertz CT molecular complexity index is 1010. The fraction of sp³-hybridized carbons (Fsp3) is 0.273. The molecule has 150 valence electrons. The molecule has 2 atom stereocenters. The smallest absolute Gasteiger partial charge is 0.170 e. The lowest BCUT2D eigenvalue weighted by Gasteiger charge is -2.25. The quantitative estimate of drug-likeness (QED) is 0.443. The minimum absolute atomic E-state index is 0.130. The zero-order chi connectivity index (χ0) is 20.4. The second-order valence-electron chi connectivity index (χ2n) is 7.00. The van der Waals surface area contributed by atoms with Crippen LogP contribution in [-0.4, -0.2) is 21.5 Å². The maximum Gasteiger partial charge on any atom is 0.170 e. The molecule has 0 saturated carbocycles. The Kier molecular flexibility index (Phi) is 5.96. The van der Waals surface area contributed by atoms with Gasteiger partial charge >= 0.3 is 0 Å². The fourth-order valence-corrected chi connectivity index (χ4v) is 4.29. The number of rotatable bonds is 6. The van der Waals surface area contributed by atoms with Gasteiger partial charge in [-0.2, -0.15) is 0 Å². The Labute approximate surface area is 183 Å². The summed E-state index contributed by atoms with van der Waals surface area (Å²) in [5.74, 6) is 0.906. The maximum atomic E-state index is 14.4. The SMILES string of the molecule is CCCCN1C(=S)NC(c2ccccn2)C1c1ccc(-c2ccc(Br)cc2F)o1. The summed E-state index contributed by atoms with van der Waals surface area (Å²) in [5.41, 5.74) is 1.33. The molecule has 3 aromatic rings. The van der Waals surface area contributed by atoms with E-state index in [9.17, 15) is 4.39 Å². The third kappa shape index (κ3) is 4.07. The highest BCUT2D eigenvalue weighted by Crippen LogP contribution is 2.40. The van der Waals surface area contributed by atoms with Crippen molar-refractivity contribution >= 4 is 33.3 Å². The van der Waals surface area contributed by atoms with Crippen molar-refractivity contribution < 1.29 is 8.81 Å². The number of halogens is 2. The monoisotopic (exact) mass is 473 g/mol. The van der Waals surface area contributed by atoms with E-state index < -0.39 is 0 Å². The van der Waals surface area contributed by atoms with Crippen LogP contribution in [0.5, 0.6) is 0 Å². The molecule has 0 aliphatic carbocycles. The molecule has 0 spiro atoms. The molecule has 3 heterocycles. The van der Waals surface area contributed by atoms with Gasteiger partial charge in [0.05, 0.1) is 17.3 Å². The van der Waals surface area contributed by atoms with Crippen LogP contribution in [0.3, 0.4) is 0 Å². The molecule has 1 aliphatic heterocycles.